The molecular weight excluding hydrogens is 232 g/mol. The van der Waals surface area contributed by atoms with E-state index in [2.05, 4.69) is 56.1 Å². The first-order chi connectivity index (χ1) is 9.08. The van der Waals surface area contributed by atoms with E-state index in [1.165, 1.54) is 42.6 Å². The van der Waals surface area contributed by atoms with Crippen LogP contribution in [0, 0.1) is 13.8 Å². The van der Waals surface area contributed by atoms with E-state index in [0.717, 1.165) is 6.54 Å². The number of nitrogens with one attached hydrogen (secondary N) is 1. The predicted octanol–water partition coefficient (Wildman–Crippen LogP) is 3.44. The van der Waals surface area contributed by atoms with Crippen molar-refractivity contribution in [1.82, 2.24) is 10.2 Å². The zero-order valence-corrected chi connectivity index (χ0v) is 12.9. The van der Waals surface area contributed by atoms with Crippen LogP contribution in [-0.4, -0.2) is 30.6 Å². The van der Waals surface area contributed by atoms with Crippen molar-refractivity contribution in [3.63, 3.8) is 0 Å². The van der Waals surface area contributed by atoms with E-state index >= 15 is 0 Å². The highest BCUT2D eigenvalue weighted by Crippen LogP contribution is 2.19. The Morgan fingerprint density at radius 1 is 1.16 bits per heavy atom. The van der Waals surface area contributed by atoms with Gasteiger partial charge in [0.2, 0.25) is 0 Å². The topological polar surface area (TPSA) is 15.3 Å². The molecule has 1 aliphatic rings. The van der Waals surface area contributed by atoms with Gasteiger partial charge in [-0.2, -0.15) is 0 Å². The van der Waals surface area contributed by atoms with Crippen LogP contribution < -0.4 is 5.32 Å². The molecule has 2 nitrogen and oxygen atoms in total. The second-order valence-electron chi connectivity index (χ2n) is 6.08. The smallest absolute Gasteiger partial charge is 0.0295 e. The highest BCUT2D eigenvalue weighted by atomic mass is 15.2. The van der Waals surface area contributed by atoms with Crippen LogP contribution >= 0.6 is 0 Å². The van der Waals surface area contributed by atoms with Crippen molar-refractivity contribution in [3.8, 4) is 0 Å². The predicted molar refractivity (Wildman–Crippen MR) is 82.6 cm³/mol. The average Bonchev–Trinajstić information content (AvgIpc) is 2.92. The van der Waals surface area contributed by atoms with Crippen molar-refractivity contribution in [2.24, 2.45) is 0 Å². The van der Waals surface area contributed by atoms with Crippen molar-refractivity contribution in [3.05, 3.63) is 34.9 Å². The summed E-state index contributed by atoms with van der Waals surface area (Å²) in [5.74, 6) is 0. The Morgan fingerprint density at radius 2 is 1.84 bits per heavy atom. The monoisotopic (exact) mass is 260 g/mol. The lowest BCUT2D eigenvalue weighted by molar-refractivity contribution is 0.247. The molecule has 0 bridgehead atoms. The molecule has 0 radical (unpaired) electrons. The van der Waals surface area contributed by atoms with Gasteiger partial charge in [-0.25, -0.2) is 0 Å². The van der Waals surface area contributed by atoms with Crippen LogP contribution in [0.1, 0.15) is 49.4 Å². The minimum atomic E-state index is 0.435. The summed E-state index contributed by atoms with van der Waals surface area (Å²) < 4.78 is 0. The number of aryl methyl sites for hydroxylation is 2. The number of hydrogen-bond donors (Lipinski definition) is 1. The van der Waals surface area contributed by atoms with E-state index in [9.17, 15) is 0 Å². The van der Waals surface area contributed by atoms with Crippen LogP contribution in [0.4, 0.5) is 0 Å². The lowest BCUT2D eigenvalue weighted by Crippen LogP contribution is -2.39. The fourth-order valence-corrected chi connectivity index (χ4v) is 3.00. The molecule has 1 N–H and O–H groups in total. The van der Waals surface area contributed by atoms with Crippen LogP contribution in [0.5, 0.6) is 0 Å². The zero-order chi connectivity index (χ0) is 13.8. The molecule has 2 atom stereocenters. The van der Waals surface area contributed by atoms with E-state index in [4.69, 9.17) is 0 Å². The van der Waals surface area contributed by atoms with Crippen molar-refractivity contribution >= 4 is 0 Å². The van der Waals surface area contributed by atoms with Crippen molar-refractivity contribution in [2.75, 3.05) is 19.6 Å². The lowest BCUT2D eigenvalue weighted by atomic mass is 10.00. The third-order valence-corrected chi connectivity index (χ3v) is 4.38. The third-order valence-electron chi connectivity index (χ3n) is 4.38. The van der Waals surface area contributed by atoms with Crippen LogP contribution in [0.3, 0.4) is 0 Å². The van der Waals surface area contributed by atoms with E-state index in [-0.39, 0.29) is 0 Å². The Bertz CT molecular complexity index is 408. The number of rotatable bonds is 5. The van der Waals surface area contributed by atoms with Crippen molar-refractivity contribution in [1.29, 1.82) is 0 Å². The lowest BCUT2D eigenvalue weighted by Gasteiger charge is -2.26. The van der Waals surface area contributed by atoms with Gasteiger partial charge in [-0.15, -0.1) is 0 Å². The molecule has 1 aromatic carbocycles. The summed E-state index contributed by atoms with van der Waals surface area (Å²) in [4.78, 5) is 2.60. The minimum Gasteiger partial charge on any atom is -0.309 e. The maximum atomic E-state index is 3.70. The summed E-state index contributed by atoms with van der Waals surface area (Å²) in [6.45, 7) is 12.6. The standard InChI is InChI=1S/C17H28N2/c1-13-7-8-14(2)17(11-13)16(4)18-12-15(3)19-9-5-6-10-19/h7-8,11,15-16,18H,5-6,9-10,12H2,1-4H3. The van der Waals surface area contributed by atoms with Crippen LogP contribution in [0.15, 0.2) is 18.2 Å². The number of hydrogen-bond acceptors (Lipinski definition) is 2. The van der Waals surface area contributed by atoms with Gasteiger partial charge < -0.3 is 5.32 Å². The summed E-state index contributed by atoms with van der Waals surface area (Å²) in [5, 5.41) is 3.70. The maximum Gasteiger partial charge on any atom is 0.0295 e. The van der Waals surface area contributed by atoms with Gasteiger partial charge in [-0.1, -0.05) is 23.8 Å². The quantitative estimate of drug-likeness (QED) is 0.872. The maximum absolute atomic E-state index is 3.70. The van der Waals surface area contributed by atoms with Gasteiger partial charge in [0, 0.05) is 18.6 Å². The zero-order valence-electron chi connectivity index (χ0n) is 12.9. The van der Waals surface area contributed by atoms with Gasteiger partial charge in [0.15, 0.2) is 0 Å². The Kier molecular flexibility index (Phi) is 5.00. The average molecular weight is 260 g/mol. The molecule has 1 fully saturated rings. The van der Waals surface area contributed by atoms with E-state index in [1.807, 2.05) is 0 Å². The number of likely N-dealkylation sites (tertiary alicyclic amines) is 1. The summed E-state index contributed by atoms with van der Waals surface area (Å²) in [6, 6.07) is 7.82. The molecule has 0 aliphatic carbocycles. The Morgan fingerprint density at radius 3 is 2.53 bits per heavy atom. The molecule has 1 heterocycles. The summed E-state index contributed by atoms with van der Waals surface area (Å²) in [5.41, 5.74) is 4.18. The fraction of sp³-hybridized carbons (Fsp3) is 0.647. The Hall–Kier alpha value is -0.860. The van der Waals surface area contributed by atoms with Crippen molar-refractivity contribution in [2.45, 2.75) is 52.6 Å². The van der Waals surface area contributed by atoms with Gasteiger partial charge in [0.25, 0.3) is 0 Å². The summed E-state index contributed by atoms with van der Waals surface area (Å²) in [6.07, 6.45) is 2.74. The fourth-order valence-electron chi connectivity index (χ4n) is 3.00. The second-order valence-corrected chi connectivity index (χ2v) is 6.08. The third kappa shape index (κ3) is 3.80. The molecule has 2 unspecified atom stereocenters. The second kappa shape index (κ2) is 6.53. The molecule has 2 heteroatoms. The first kappa shape index (κ1) is 14.5. The number of nitrogens with zero attached hydrogens (tertiary/aromatic N) is 1. The molecular formula is C17H28N2. The van der Waals surface area contributed by atoms with E-state index in [0.29, 0.717) is 12.1 Å². The summed E-state index contributed by atoms with van der Waals surface area (Å²) >= 11 is 0. The molecule has 1 aromatic rings. The van der Waals surface area contributed by atoms with Gasteiger partial charge >= 0.3 is 0 Å². The molecule has 1 saturated heterocycles. The van der Waals surface area contributed by atoms with Crippen LogP contribution in [0.2, 0.25) is 0 Å². The first-order valence-corrected chi connectivity index (χ1v) is 7.62. The first-order valence-electron chi connectivity index (χ1n) is 7.62. The van der Waals surface area contributed by atoms with Crippen LogP contribution in [0.25, 0.3) is 0 Å². The molecule has 1 aliphatic heterocycles. The largest absolute Gasteiger partial charge is 0.309 e. The molecule has 0 saturated carbocycles. The summed E-state index contributed by atoms with van der Waals surface area (Å²) in [7, 11) is 0. The Labute approximate surface area is 118 Å². The van der Waals surface area contributed by atoms with Gasteiger partial charge in [0.1, 0.15) is 0 Å². The van der Waals surface area contributed by atoms with Crippen molar-refractivity contribution < 1.29 is 0 Å². The van der Waals surface area contributed by atoms with Gasteiger partial charge in [-0.05, 0) is 64.8 Å². The number of benzene rings is 1. The minimum absolute atomic E-state index is 0.435. The molecule has 106 valence electrons. The molecule has 0 aromatic heterocycles. The highest BCUT2D eigenvalue weighted by molar-refractivity contribution is 5.32. The molecule has 0 amide bonds. The van der Waals surface area contributed by atoms with E-state index in [1.54, 1.807) is 0 Å². The van der Waals surface area contributed by atoms with E-state index < -0.39 is 0 Å². The van der Waals surface area contributed by atoms with Gasteiger partial charge in [-0.3, -0.25) is 4.90 Å². The van der Waals surface area contributed by atoms with Gasteiger partial charge in [0.05, 0.1) is 0 Å². The normalized spacial score (nSPS) is 19.6. The highest BCUT2D eigenvalue weighted by Gasteiger charge is 2.18. The molecule has 19 heavy (non-hydrogen) atoms. The van der Waals surface area contributed by atoms with Crippen LogP contribution in [-0.2, 0) is 0 Å². The Balaban J connectivity index is 1.89. The SMILES string of the molecule is Cc1ccc(C)c(C(C)NCC(C)N2CCCC2)c1. The molecule has 0 spiro atoms. The molecule has 2 rings (SSSR count).